The maximum atomic E-state index is 12.9. The molecule has 0 aromatic rings. The van der Waals surface area contributed by atoms with E-state index in [-0.39, 0.29) is 6.04 Å². The molecular formula is C15H28F3N3. The quantitative estimate of drug-likeness (QED) is 0.860. The van der Waals surface area contributed by atoms with Crippen LogP contribution in [-0.4, -0.2) is 67.3 Å². The molecule has 21 heavy (non-hydrogen) atoms. The van der Waals surface area contributed by atoms with Gasteiger partial charge in [-0.1, -0.05) is 0 Å². The highest BCUT2D eigenvalue weighted by Gasteiger charge is 2.38. The van der Waals surface area contributed by atoms with Gasteiger partial charge in [-0.15, -0.1) is 0 Å². The second-order valence-corrected chi connectivity index (χ2v) is 6.75. The largest absolute Gasteiger partial charge is 0.390 e. The lowest BCUT2D eigenvalue weighted by atomic mass is 9.95. The van der Waals surface area contributed by atoms with E-state index in [1.54, 1.807) is 0 Å². The minimum atomic E-state index is -4.07. The zero-order valence-corrected chi connectivity index (χ0v) is 13.1. The predicted molar refractivity (Wildman–Crippen MR) is 78.3 cm³/mol. The van der Waals surface area contributed by atoms with Crippen LogP contribution in [-0.2, 0) is 0 Å². The first-order valence-electron chi connectivity index (χ1n) is 8.10. The minimum Gasteiger partial charge on any atom is -0.317 e. The minimum absolute atomic E-state index is 0.321. The Bertz CT molecular complexity index is 314. The van der Waals surface area contributed by atoms with Gasteiger partial charge in [0.25, 0.3) is 0 Å². The molecule has 0 aliphatic carbocycles. The van der Waals surface area contributed by atoms with Crippen molar-refractivity contribution in [2.75, 3.05) is 39.3 Å². The molecule has 3 nitrogen and oxygen atoms in total. The predicted octanol–water partition coefficient (Wildman–Crippen LogP) is 2.33. The molecule has 2 fully saturated rings. The lowest BCUT2D eigenvalue weighted by molar-refractivity contribution is -0.154. The number of rotatable bonds is 4. The van der Waals surface area contributed by atoms with Gasteiger partial charge in [0.1, 0.15) is 0 Å². The number of piperidine rings is 1. The van der Waals surface area contributed by atoms with Gasteiger partial charge in [-0.3, -0.25) is 9.80 Å². The number of piperazine rings is 1. The standard InChI is InChI=1S/C15H28F3N3/c1-12(2)20-7-8-21(10-13-3-5-19-6-4-13)14(11-20)9-15(16,17)18/h12-14,19H,3-11H2,1-2H3. The summed E-state index contributed by atoms with van der Waals surface area (Å²) in [6.07, 6.45) is -2.58. The fraction of sp³-hybridized carbons (Fsp3) is 1.00. The molecule has 2 aliphatic rings. The molecule has 1 N–H and O–H groups in total. The third-order valence-electron chi connectivity index (χ3n) is 4.78. The first-order chi connectivity index (χ1) is 9.85. The van der Waals surface area contributed by atoms with Crippen LogP contribution in [0.1, 0.15) is 33.1 Å². The summed E-state index contributed by atoms with van der Waals surface area (Å²) < 4.78 is 38.6. The summed E-state index contributed by atoms with van der Waals surface area (Å²) in [5.41, 5.74) is 0. The second-order valence-electron chi connectivity index (χ2n) is 6.75. The highest BCUT2D eigenvalue weighted by Crippen LogP contribution is 2.28. The van der Waals surface area contributed by atoms with Gasteiger partial charge < -0.3 is 5.32 Å². The van der Waals surface area contributed by atoms with Gasteiger partial charge in [0.05, 0.1) is 6.42 Å². The van der Waals surface area contributed by atoms with E-state index in [9.17, 15) is 13.2 Å². The van der Waals surface area contributed by atoms with E-state index in [1.165, 1.54) is 0 Å². The topological polar surface area (TPSA) is 18.5 Å². The van der Waals surface area contributed by atoms with Crippen molar-refractivity contribution in [3.63, 3.8) is 0 Å². The summed E-state index contributed by atoms with van der Waals surface area (Å²) in [5.74, 6) is 0.549. The Balaban J connectivity index is 1.95. The van der Waals surface area contributed by atoms with Crippen LogP contribution >= 0.6 is 0 Å². The second kappa shape index (κ2) is 7.29. The average Bonchev–Trinajstić information content (AvgIpc) is 2.40. The van der Waals surface area contributed by atoms with E-state index in [0.29, 0.717) is 18.5 Å². The Morgan fingerprint density at radius 3 is 2.38 bits per heavy atom. The first kappa shape index (κ1) is 17.0. The molecule has 0 radical (unpaired) electrons. The Morgan fingerprint density at radius 1 is 1.14 bits per heavy atom. The molecule has 1 atom stereocenters. The first-order valence-corrected chi connectivity index (χ1v) is 8.10. The summed E-state index contributed by atoms with van der Waals surface area (Å²) in [6, 6.07) is -0.0576. The Morgan fingerprint density at radius 2 is 1.81 bits per heavy atom. The Hall–Kier alpha value is -0.330. The van der Waals surface area contributed by atoms with E-state index in [4.69, 9.17) is 0 Å². The fourth-order valence-electron chi connectivity index (χ4n) is 3.48. The van der Waals surface area contributed by atoms with E-state index >= 15 is 0 Å². The van der Waals surface area contributed by atoms with Gasteiger partial charge in [-0.2, -0.15) is 13.2 Å². The SMILES string of the molecule is CC(C)N1CCN(CC2CCNCC2)C(CC(F)(F)F)C1. The summed E-state index contributed by atoms with van der Waals surface area (Å²) in [5, 5.41) is 3.32. The van der Waals surface area contributed by atoms with Crippen LogP contribution in [0.2, 0.25) is 0 Å². The number of hydrogen-bond donors (Lipinski definition) is 1. The number of alkyl halides is 3. The number of nitrogens with zero attached hydrogens (tertiary/aromatic N) is 2. The molecule has 0 aromatic carbocycles. The lowest BCUT2D eigenvalue weighted by Crippen LogP contribution is -2.57. The summed E-state index contributed by atoms with van der Waals surface area (Å²) in [4.78, 5) is 4.28. The normalized spacial score (nSPS) is 27.4. The van der Waals surface area contributed by atoms with Crippen LogP contribution in [0.5, 0.6) is 0 Å². The van der Waals surface area contributed by atoms with E-state index in [0.717, 1.165) is 45.6 Å². The van der Waals surface area contributed by atoms with Crippen molar-refractivity contribution < 1.29 is 13.2 Å². The number of halogens is 3. The highest BCUT2D eigenvalue weighted by atomic mass is 19.4. The summed E-state index contributed by atoms with van der Waals surface area (Å²) in [7, 11) is 0. The smallest absolute Gasteiger partial charge is 0.317 e. The van der Waals surface area contributed by atoms with Gasteiger partial charge in [0.15, 0.2) is 0 Å². The van der Waals surface area contributed by atoms with Crippen molar-refractivity contribution in [3.8, 4) is 0 Å². The van der Waals surface area contributed by atoms with Crippen LogP contribution < -0.4 is 5.32 Å². The molecule has 0 amide bonds. The monoisotopic (exact) mass is 307 g/mol. The summed E-state index contributed by atoms with van der Waals surface area (Å²) >= 11 is 0. The van der Waals surface area contributed by atoms with Crippen LogP contribution in [0.4, 0.5) is 13.2 Å². The number of nitrogens with one attached hydrogen (secondary N) is 1. The molecule has 1 unspecified atom stereocenters. The van der Waals surface area contributed by atoms with Crippen molar-refractivity contribution in [1.29, 1.82) is 0 Å². The Labute approximate surface area is 125 Å². The average molecular weight is 307 g/mol. The molecule has 2 rings (SSSR count). The van der Waals surface area contributed by atoms with E-state index < -0.39 is 12.6 Å². The van der Waals surface area contributed by atoms with E-state index in [1.807, 2.05) is 0 Å². The summed E-state index contributed by atoms with van der Waals surface area (Å²) in [6.45, 7) is 9.15. The van der Waals surface area contributed by atoms with Crippen molar-refractivity contribution >= 4 is 0 Å². The van der Waals surface area contributed by atoms with Gasteiger partial charge in [0.2, 0.25) is 0 Å². The Kier molecular flexibility index (Phi) is 5.91. The molecule has 0 bridgehead atoms. The molecule has 0 saturated carbocycles. The molecule has 2 saturated heterocycles. The van der Waals surface area contributed by atoms with Crippen molar-refractivity contribution in [3.05, 3.63) is 0 Å². The molecule has 2 aliphatic heterocycles. The maximum absolute atomic E-state index is 12.9. The van der Waals surface area contributed by atoms with Crippen LogP contribution in [0.15, 0.2) is 0 Å². The lowest BCUT2D eigenvalue weighted by Gasteiger charge is -2.45. The van der Waals surface area contributed by atoms with Gasteiger partial charge in [-0.25, -0.2) is 0 Å². The van der Waals surface area contributed by atoms with Gasteiger partial charge in [-0.05, 0) is 45.7 Å². The van der Waals surface area contributed by atoms with Crippen molar-refractivity contribution in [1.82, 2.24) is 15.1 Å². The molecule has 0 aromatic heterocycles. The van der Waals surface area contributed by atoms with Crippen molar-refractivity contribution in [2.24, 2.45) is 5.92 Å². The van der Waals surface area contributed by atoms with Crippen molar-refractivity contribution in [2.45, 2.75) is 51.4 Å². The highest BCUT2D eigenvalue weighted by molar-refractivity contribution is 4.87. The molecule has 6 heteroatoms. The fourth-order valence-corrected chi connectivity index (χ4v) is 3.48. The third kappa shape index (κ3) is 5.42. The van der Waals surface area contributed by atoms with Gasteiger partial charge in [0, 0.05) is 38.3 Å². The van der Waals surface area contributed by atoms with Crippen LogP contribution in [0, 0.1) is 5.92 Å². The maximum Gasteiger partial charge on any atom is 0.390 e. The van der Waals surface area contributed by atoms with E-state index in [2.05, 4.69) is 29.0 Å². The van der Waals surface area contributed by atoms with Crippen LogP contribution in [0.25, 0.3) is 0 Å². The van der Waals surface area contributed by atoms with Gasteiger partial charge >= 0.3 is 6.18 Å². The third-order valence-corrected chi connectivity index (χ3v) is 4.78. The molecular weight excluding hydrogens is 279 g/mol. The molecule has 2 heterocycles. The molecule has 124 valence electrons. The molecule has 0 spiro atoms. The number of hydrogen-bond acceptors (Lipinski definition) is 3. The zero-order valence-electron chi connectivity index (χ0n) is 13.1. The van der Waals surface area contributed by atoms with Crippen LogP contribution in [0.3, 0.4) is 0 Å². The zero-order chi connectivity index (χ0) is 15.5.